The highest BCUT2D eigenvalue weighted by Crippen LogP contribution is 2.69. The van der Waals surface area contributed by atoms with E-state index in [0.717, 1.165) is 37.0 Å². The molecular formula is C27H48O3. The molecule has 4 fully saturated rings. The van der Waals surface area contributed by atoms with E-state index in [2.05, 4.69) is 34.6 Å². The summed E-state index contributed by atoms with van der Waals surface area (Å²) in [6, 6.07) is 0. The first-order valence-electron chi connectivity index (χ1n) is 13.1. The third kappa shape index (κ3) is 3.41. The van der Waals surface area contributed by atoms with Crippen LogP contribution in [-0.2, 0) is 0 Å². The van der Waals surface area contributed by atoms with Gasteiger partial charge in [0.15, 0.2) is 0 Å². The molecule has 3 nitrogen and oxygen atoms in total. The van der Waals surface area contributed by atoms with Crippen molar-refractivity contribution < 1.29 is 15.3 Å². The average Bonchev–Trinajstić information content (AvgIpc) is 3.01. The molecule has 4 aliphatic rings. The van der Waals surface area contributed by atoms with Gasteiger partial charge in [0.05, 0.1) is 17.8 Å². The van der Waals surface area contributed by atoms with Crippen LogP contribution in [0.2, 0.25) is 0 Å². The molecule has 3 N–H and O–H groups in total. The van der Waals surface area contributed by atoms with E-state index in [9.17, 15) is 15.3 Å². The van der Waals surface area contributed by atoms with Crippen LogP contribution in [0.5, 0.6) is 0 Å². The Balaban J connectivity index is 1.53. The number of hydrogen-bond acceptors (Lipinski definition) is 3. The van der Waals surface area contributed by atoms with Gasteiger partial charge in [-0.05, 0) is 85.9 Å². The van der Waals surface area contributed by atoms with Crippen LogP contribution in [-0.4, -0.2) is 33.1 Å². The summed E-state index contributed by atoms with van der Waals surface area (Å²) in [5.74, 6) is 4.13. The molecule has 4 aliphatic carbocycles. The van der Waals surface area contributed by atoms with Crippen LogP contribution in [0.1, 0.15) is 105 Å². The molecule has 0 aromatic heterocycles. The molecule has 30 heavy (non-hydrogen) atoms. The van der Waals surface area contributed by atoms with Gasteiger partial charge in [0.1, 0.15) is 0 Å². The zero-order chi connectivity index (χ0) is 21.9. The Hall–Kier alpha value is -0.120. The molecule has 0 aromatic carbocycles. The van der Waals surface area contributed by atoms with Gasteiger partial charge in [0.2, 0.25) is 0 Å². The zero-order valence-corrected chi connectivity index (χ0v) is 20.2. The van der Waals surface area contributed by atoms with E-state index in [-0.39, 0.29) is 5.41 Å². The molecule has 0 bridgehead atoms. The maximum Gasteiger partial charge on any atom is 0.0985 e. The summed E-state index contributed by atoms with van der Waals surface area (Å²) in [7, 11) is 0. The summed E-state index contributed by atoms with van der Waals surface area (Å²) >= 11 is 0. The molecule has 0 aromatic rings. The molecule has 4 saturated carbocycles. The number of fused-ring (bicyclic) bond motifs is 5. The second-order valence-electron chi connectivity index (χ2n) is 12.9. The van der Waals surface area contributed by atoms with Gasteiger partial charge in [-0.2, -0.15) is 0 Å². The number of hydrogen-bond donors (Lipinski definition) is 3. The minimum atomic E-state index is -1.11. The van der Waals surface area contributed by atoms with E-state index >= 15 is 0 Å². The summed E-state index contributed by atoms with van der Waals surface area (Å²) in [5, 5.41) is 33.0. The molecular weight excluding hydrogens is 372 g/mol. The lowest BCUT2D eigenvalue weighted by molar-refractivity contribution is -0.264. The molecule has 174 valence electrons. The molecule has 4 rings (SSSR count). The van der Waals surface area contributed by atoms with Crippen molar-refractivity contribution in [1.82, 2.24) is 0 Å². The van der Waals surface area contributed by atoms with Gasteiger partial charge in [0.25, 0.3) is 0 Å². The summed E-state index contributed by atoms with van der Waals surface area (Å²) in [6.07, 6.45) is 10.7. The fraction of sp³-hybridized carbons (Fsp3) is 1.00. The molecule has 0 unspecified atom stereocenters. The lowest BCUT2D eigenvalue weighted by atomic mass is 9.42. The van der Waals surface area contributed by atoms with Gasteiger partial charge < -0.3 is 15.3 Å². The third-order valence-corrected chi connectivity index (χ3v) is 11.0. The molecule has 3 heteroatoms. The van der Waals surface area contributed by atoms with Crippen LogP contribution in [0, 0.1) is 46.3 Å². The first-order chi connectivity index (χ1) is 14.0. The number of rotatable bonds is 5. The summed E-state index contributed by atoms with van der Waals surface area (Å²) in [5.41, 5.74) is -0.962. The van der Waals surface area contributed by atoms with E-state index in [0.29, 0.717) is 29.6 Å². The Kier molecular flexibility index (Phi) is 6.17. The SMILES string of the molecule is CC(C)CCC[C@H](C)[C@@H]1CC[C@@H]2[C@@H]3C[C@@H](O)[C@@]4(O)C[C@@H](O)CC[C@]4(C)[C@H]3CC[C@@]21C. The largest absolute Gasteiger partial charge is 0.393 e. The molecule has 10 atom stereocenters. The van der Waals surface area contributed by atoms with E-state index < -0.39 is 17.8 Å². The van der Waals surface area contributed by atoms with Crippen LogP contribution in [0.25, 0.3) is 0 Å². The van der Waals surface area contributed by atoms with Crippen molar-refractivity contribution in [1.29, 1.82) is 0 Å². The smallest absolute Gasteiger partial charge is 0.0985 e. The van der Waals surface area contributed by atoms with Crippen LogP contribution in [0.15, 0.2) is 0 Å². The number of aliphatic hydroxyl groups excluding tert-OH is 2. The van der Waals surface area contributed by atoms with E-state index in [1.165, 1.54) is 44.9 Å². The van der Waals surface area contributed by atoms with Crippen LogP contribution in [0.4, 0.5) is 0 Å². The molecule has 0 heterocycles. The normalized spacial score (nSPS) is 51.9. The Bertz CT molecular complexity index is 619. The van der Waals surface area contributed by atoms with E-state index in [4.69, 9.17) is 0 Å². The molecule has 0 spiro atoms. The van der Waals surface area contributed by atoms with E-state index in [1.54, 1.807) is 0 Å². The standard InChI is InChI=1S/C27H48O3/c1-17(2)7-6-8-18(3)21-9-10-22-20-15-24(29)27(30)16-19(28)11-14-26(27,5)23(20)12-13-25(21,22)4/h17-24,28-30H,6-16H2,1-5H3/t18-,19-,20-,21-,22+,23-,24+,25+,26+,27-/m0/s1. The molecule has 0 aliphatic heterocycles. The Morgan fingerprint density at radius 1 is 0.900 bits per heavy atom. The highest BCUT2D eigenvalue weighted by molar-refractivity contribution is 5.17. The van der Waals surface area contributed by atoms with Gasteiger partial charge in [-0.15, -0.1) is 0 Å². The highest BCUT2D eigenvalue weighted by atomic mass is 16.3. The van der Waals surface area contributed by atoms with Gasteiger partial charge in [-0.1, -0.05) is 53.9 Å². The summed E-state index contributed by atoms with van der Waals surface area (Å²) in [6.45, 7) is 12.0. The fourth-order valence-corrected chi connectivity index (χ4v) is 9.29. The monoisotopic (exact) mass is 420 g/mol. The lowest BCUT2D eigenvalue weighted by Crippen LogP contribution is -2.68. The van der Waals surface area contributed by atoms with Gasteiger partial charge >= 0.3 is 0 Å². The van der Waals surface area contributed by atoms with Crippen molar-refractivity contribution in [3.63, 3.8) is 0 Å². The van der Waals surface area contributed by atoms with Crippen molar-refractivity contribution in [2.24, 2.45) is 46.3 Å². The second kappa shape index (κ2) is 8.03. The van der Waals surface area contributed by atoms with Crippen molar-refractivity contribution in [3.8, 4) is 0 Å². The van der Waals surface area contributed by atoms with Crippen molar-refractivity contribution in [3.05, 3.63) is 0 Å². The van der Waals surface area contributed by atoms with Crippen LogP contribution < -0.4 is 0 Å². The Morgan fingerprint density at radius 3 is 2.33 bits per heavy atom. The molecule has 0 radical (unpaired) electrons. The fourth-order valence-electron chi connectivity index (χ4n) is 9.29. The predicted octanol–water partition coefficient (Wildman–Crippen LogP) is 5.55. The van der Waals surface area contributed by atoms with Gasteiger partial charge in [-0.25, -0.2) is 0 Å². The molecule has 0 saturated heterocycles. The third-order valence-electron chi connectivity index (χ3n) is 11.0. The average molecular weight is 421 g/mol. The van der Waals surface area contributed by atoms with Crippen LogP contribution in [0.3, 0.4) is 0 Å². The number of aliphatic hydroxyl groups is 3. The Morgan fingerprint density at radius 2 is 1.63 bits per heavy atom. The van der Waals surface area contributed by atoms with E-state index in [1.807, 2.05) is 0 Å². The highest BCUT2D eigenvalue weighted by Gasteiger charge is 2.67. The maximum absolute atomic E-state index is 11.6. The molecule has 0 amide bonds. The first-order valence-corrected chi connectivity index (χ1v) is 13.1. The second-order valence-corrected chi connectivity index (χ2v) is 12.9. The van der Waals surface area contributed by atoms with Crippen molar-refractivity contribution in [2.45, 2.75) is 123 Å². The Labute approximate surface area is 185 Å². The van der Waals surface area contributed by atoms with Crippen molar-refractivity contribution in [2.75, 3.05) is 0 Å². The topological polar surface area (TPSA) is 60.7 Å². The van der Waals surface area contributed by atoms with Gasteiger partial charge in [0, 0.05) is 11.8 Å². The lowest BCUT2D eigenvalue weighted by Gasteiger charge is -2.65. The minimum absolute atomic E-state index is 0.253. The van der Waals surface area contributed by atoms with Crippen LogP contribution >= 0.6 is 0 Å². The minimum Gasteiger partial charge on any atom is -0.393 e. The zero-order valence-electron chi connectivity index (χ0n) is 20.2. The van der Waals surface area contributed by atoms with Gasteiger partial charge in [-0.3, -0.25) is 0 Å². The predicted molar refractivity (Wildman–Crippen MR) is 122 cm³/mol. The quantitative estimate of drug-likeness (QED) is 0.546. The maximum atomic E-state index is 11.6. The van der Waals surface area contributed by atoms with Crippen molar-refractivity contribution >= 4 is 0 Å². The first kappa shape index (κ1) is 23.1. The summed E-state index contributed by atoms with van der Waals surface area (Å²) < 4.78 is 0. The summed E-state index contributed by atoms with van der Waals surface area (Å²) in [4.78, 5) is 0.